The van der Waals surface area contributed by atoms with Gasteiger partial charge in [-0.1, -0.05) is 0 Å². The molecule has 0 spiro atoms. The SMILES string of the molecule is CCn1ccnc1CC(N)c1cn[nH]n1. The van der Waals surface area contributed by atoms with Gasteiger partial charge in [0.25, 0.3) is 0 Å². The number of rotatable bonds is 4. The average Bonchev–Trinajstić information content (AvgIpc) is 2.87. The number of aromatic nitrogens is 5. The fraction of sp³-hybridized carbons (Fsp3) is 0.444. The summed E-state index contributed by atoms with van der Waals surface area (Å²) in [6.07, 6.45) is 6.05. The minimum absolute atomic E-state index is 0.156. The van der Waals surface area contributed by atoms with Crippen LogP contribution in [0.25, 0.3) is 0 Å². The molecule has 0 aliphatic carbocycles. The van der Waals surface area contributed by atoms with Crippen LogP contribution in [0, 0.1) is 0 Å². The van der Waals surface area contributed by atoms with Crippen LogP contribution in [0.15, 0.2) is 18.6 Å². The molecule has 6 nitrogen and oxygen atoms in total. The molecule has 2 aromatic rings. The molecule has 0 aliphatic rings. The summed E-state index contributed by atoms with van der Waals surface area (Å²) < 4.78 is 2.07. The minimum Gasteiger partial charge on any atom is -0.335 e. The zero-order valence-electron chi connectivity index (χ0n) is 8.59. The number of hydrogen-bond acceptors (Lipinski definition) is 4. The lowest BCUT2D eigenvalue weighted by Crippen LogP contribution is -2.16. The Kier molecular flexibility index (Phi) is 2.77. The maximum Gasteiger partial charge on any atom is 0.110 e. The van der Waals surface area contributed by atoms with Gasteiger partial charge in [-0.05, 0) is 6.92 Å². The summed E-state index contributed by atoms with van der Waals surface area (Å²) in [4.78, 5) is 4.26. The molecule has 0 amide bonds. The maximum atomic E-state index is 5.98. The lowest BCUT2D eigenvalue weighted by atomic mass is 10.1. The Morgan fingerprint density at radius 3 is 3.13 bits per heavy atom. The van der Waals surface area contributed by atoms with Crippen molar-refractivity contribution in [2.75, 3.05) is 0 Å². The molecular formula is C9H14N6. The van der Waals surface area contributed by atoms with Crippen molar-refractivity contribution >= 4 is 0 Å². The highest BCUT2D eigenvalue weighted by atomic mass is 15.3. The Morgan fingerprint density at radius 1 is 1.60 bits per heavy atom. The predicted molar refractivity (Wildman–Crippen MR) is 54.9 cm³/mol. The normalized spacial score (nSPS) is 12.9. The first-order valence-corrected chi connectivity index (χ1v) is 4.92. The van der Waals surface area contributed by atoms with Gasteiger partial charge < -0.3 is 10.3 Å². The van der Waals surface area contributed by atoms with Gasteiger partial charge in [0, 0.05) is 25.4 Å². The number of aromatic amines is 1. The second-order valence-corrected chi connectivity index (χ2v) is 3.33. The first-order chi connectivity index (χ1) is 7.31. The van der Waals surface area contributed by atoms with Crippen molar-refractivity contribution < 1.29 is 0 Å². The minimum atomic E-state index is -0.156. The van der Waals surface area contributed by atoms with Gasteiger partial charge in [-0.15, -0.1) is 0 Å². The summed E-state index contributed by atoms with van der Waals surface area (Å²) in [5, 5.41) is 10.2. The van der Waals surface area contributed by atoms with E-state index in [4.69, 9.17) is 5.73 Å². The molecule has 1 unspecified atom stereocenters. The van der Waals surface area contributed by atoms with Gasteiger partial charge in [-0.3, -0.25) is 0 Å². The molecule has 80 valence electrons. The van der Waals surface area contributed by atoms with Crippen molar-refractivity contribution in [3.63, 3.8) is 0 Å². The van der Waals surface area contributed by atoms with E-state index in [1.165, 1.54) is 0 Å². The van der Waals surface area contributed by atoms with E-state index in [-0.39, 0.29) is 6.04 Å². The summed E-state index contributed by atoms with van der Waals surface area (Å²) in [5.74, 6) is 0.980. The predicted octanol–water partition coefficient (Wildman–Crippen LogP) is 0.264. The van der Waals surface area contributed by atoms with E-state index < -0.39 is 0 Å². The molecule has 0 saturated heterocycles. The molecular weight excluding hydrogens is 192 g/mol. The fourth-order valence-corrected chi connectivity index (χ4v) is 1.51. The van der Waals surface area contributed by atoms with Crippen LogP contribution in [0.2, 0.25) is 0 Å². The summed E-state index contributed by atoms with van der Waals surface area (Å²) in [5.41, 5.74) is 6.74. The molecule has 3 N–H and O–H groups in total. The number of nitrogens with two attached hydrogens (primary N) is 1. The Balaban J connectivity index is 2.09. The first-order valence-electron chi connectivity index (χ1n) is 4.92. The molecule has 0 saturated carbocycles. The van der Waals surface area contributed by atoms with Gasteiger partial charge >= 0.3 is 0 Å². The maximum absolute atomic E-state index is 5.98. The van der Waals surface area contributed by atoms with Crippen LogP contribution in [0.3, 0.4) is 0 Å². The van der Waals surface area contributed by atoms with Gasteiger partial charge in [0.15, 0.2) is 0 Å². The van der Waals surface area contributed by atoms with Crippen molar-refractivity contribution in [1.29, 1.82) is 0 Å². The molecule has 15 heavy (non-hydrogen) atoms. The summed E-state index contributed by atoms with van der Waals surface area (Å²) in [6, 6.07) is -0.156. The summed E-state index contributed by atoms with van der Waals surface area (Å²) in [7, 11) is 0. The molecule has 0 aromatic carbocycles. The van der Waals surface area contributed by atoms with Crippen molar-refractivity contribution in [2.45, 2.75) is 25.9 Å². The third-order valence-electron chi connectivity index (χ3n) is 2.36. The second-order valence-electron chi connectivity index (χ2n) is 3.33. The van der Waals surface area contributed by atoms with Gasteiger partial charge in [0.1, 0.15) is 5.82 Å². The molecule has 2 heterocycles. The summed E-state index contributed by atoms with van der Waals surface area (Å²) >= 11 is 0. The monoisotopic (exact) mass is 206 g/mol. The molecule has 0 bridgehead atoms. The van der Waals surface area contributed by atoms with E-state index in [0.717, 1.165) is 18.1 Å². The van der Waals surface area contributed by atoms with E-state index in [1.807, 2.05) is 6.20 Å². The number of hydrogen-bond donors (Lipinski definition) is 2. The van der Waals surface area contributed by atoms with Crippen LogP contribution >= 0.6 is 0 Å². The lowest BCUT2D eigenvalue weighted by molar-refractivity contribution is 0.616. The van der Waals surface area contributed by atoms with Gasteiger partial charge in [-0.2, -0.15) is 15.4 Å². The smallest absolute Gasteiger partial charge is 0.110 e. The number of imidazole rings is 1. The lowest BCUT2D eigenvalue weighted by Gasteiger charge is -2.09. The van der Waals surface area contributed by atoms with Crippen molar-refractivity contribution in [2.24, 2.45) is 5.73 Å². The Morgan fingerprint density at radius 2 is 2.47 bits per heavy atom. The highest BCUT2D eigenvalue weighted by Gasteiger charge is 2.12. The van der Waals surface area contributed by atoms with Crippen LogP contribution in [0.4, 0.5) is 0 Å². The Labute approximate surface area is 87.5 Å². The molecule has 1 atom stereocenters. The standard InChI is InChI=1S/C9H14N6/c1-2-15-4-3-11-9(15)5-7(10)8-6-12-14-13-8/h3-4,6-7H,2,5,10H2,1H3,(H,12,13,14). The van der Waals surface area contributed by atoms with Crippen molar-refractivity contribution in [3.05, 3.63) is 30.1 Å². The Bertz CT molecular complexity index is 404. The third kappa shape index (κ3) is 2.04. The average molecular weight is 206 g/mol. The van der Waals surface area contributed by atoms with Crippen LogP contribution in [0.1, 0.15) is 24.5 Å². The zero-order valence-corrected chi connectivity index (χ0v) is 8.59. The Hall–Kier alpha value is -1.69. The largest absolute Gasteiger partial charge is 0.335 e. The summed E-state index contributed by atoms with van der Waals surface area (Å²) in [6.45, 7) is 2.98. The number of nitrogens with one attached hydrogen (secondary N) is 1. The van der Waals surface area contributed by atoms with Crippen LogP contribution in [-0.4, -0.2) is 25.0 Å². The van der Waals surface area contributed by atoms with E-state index in [0.29, 0.717) is 6.42 Å². The van der Waals surface area contributed by atoms with Gasteiger partial charge in [-0.25, -0.2) is 4.98 Å². The van der Waals surface area contributed by atoms with Crippen LogP contribution < -0.4 is 5.73 Å². The number of aryl methyl sites for hydroxylation is 1. The van der Waals surface area contributed by atoms with Crippen LogP contribution in [0.5, 0.6) is 0 Å². The van der Waals surface area contributed by atoms with E-state index in [1.54, 1.807) is 12.4 Å². The third-order valence-corrected chi connectivity index (χ3v) is 2.36. The molecule has 0 aliphatic heterocycles. The van der Waals surface area contributed by atoms with Gasteiger partial charge in [0.05, 0.1) is 17.9 Å². The topological polar surface area (TPSA) is 85.4 Å². The highest BCUT2D eigenvalue weighted by molar-refractivity contribution is 5.04. The molecule has 2 aromatic heterocycles. The second kappa shape index (κ2) is 4.22. The first kappa shape index (κ1) is 9.85. The molecule has 2 rings (SSSR count). The molecule has 0 fully saturated rings. The van der Waals surface area contributed by atoms with E-state index in [9.17, 15) is 0 Å². The number of H-pyrrole nitrogens is 1. The van der Waals surface area contributed by atoms with Crippen LogP contribution in [-0.2, 0) is 13.0 Å². The number of nitrogens with zero attached hydrogens (tertiary/aromatic N) is 4. The fourth-order valence-electron chi connectivity index (χ4n) is 1.51. The van der Waals surface area contributed by atoms with Crippen molar-refractivity contribution in [1.82, 2.24) is 25.0 Å². The van der Waals surface area contributed by atoms with Crippen molar-refractivity contribution in [3.8, 4) is 0 Å². The zero-order chi connectivity index (χ0) is 10.7. The quantitative estimate of drug-likeness (QED) is 0.751. The van der Waals surface area contributed by atoms with E-state index in [2.05, 4.69) is 31.9 Å². The van der Waals surface area contributed by atoms with E-state index >= 15 is 0 Å². The molecule has 0 radical (unpaired) electrons. The van der Waals surface area contributed by atoms with Gasteiger partial charge in [0.2, 0.25) is 0 Å². The molecule has 6 heteroatoms. The highest BCUT2D eigenvalue weighted by Crippen LogP contribution is 2.11.